The summed E-state index contributed by atoms with van der Waals surface area (Å²) in [5, 5.41) is 9.44. The molecule has 0 heterocycles. The van der Waals surface area contributed by atoms with Crippen LogP contribution in [0.25, 0.3) is 0 Å². The molecule has 0 spiro atoms. The van der Waals surface area contributed by atoms with Crippen molar-refractivity contribution in [2.24, 2.45) is 0 Å². The zero-order valence-corrected chi connectivity index (χ0v) is 9.17. The van der Waals surface area contributed by atoms with E-state index in [4.69, 9.17) is 4.74 Å². The summed E-state index contributed by atoms with van der Waals surface area (Å²) in [6, 6.07) is 5.23. The molecule has 3 heteroatoms. The number of unbranched alkanes of at least 4 members (excludes halogenated alkanes) is 1. The van der Waals surface area contributed by atoms with Gasteiger partial charge in [-0.15, -0.1) is 0 Å². The number of ether oxygens (including phenoxy) is 1. The van der Waals surface area contributed by atoms with Crippen molar-refractivity contribution >= 4 is 15.9 Å². The van der Waals surface area contributed by atoms with Crippen LogP contribution in [0.5, 0.6) is 11.5 Å². The maximum atomic E-state index is 9.44. The smallest absolute Gasteiger partial charge is 0.160 e. The summed E-state index contributed by atoms with van der Waals surface area (Å²) >= 11 is 3.26. The van der Waals surface area contributed by atoms with Crippen molar-refractivity contribution in [3.05, 3.63) is 22.7 Å². The van der Waals surface area contributed by atoms with E-state index in [-0.39, 0.29) is 5.75 Å². The number of rotatable bonds is 4. The van der Waals surface area contributed by atoms with Gasteiger partial charge in [0.2, 0.25) is 0 Å². The van der Waals surface area contributed by atoms with E-state index in [2.05, 4.69) is 22.9 Å². The number of benzene rings is 1. The monoisotopic (exact) mass is 244 g/mol. The molecular weight excluding hydrogens is 232 g/mol. The summed E-state index contributed by atoms with van der Waals surface area (Å²) in [6.45, 7) is 2.76. The highest BCUT2D eigenvalue weighted by Crippen LogP contribution is 2.28. The topological polar surface area (TPSA) is 29.5 Å². The van der Waals surface area contributed by atoms with Gasteiger partial charge >= 0.3 is 0 Å². The van der Waals surface area contributed by atoms with Crippen LogP contribution >= 0.6 is 15.9 Å². The highest BCUT2D eigenvalue weighted by Gasteiger charge is 2.01. The summed E-state index contributed by atoms with van der Waals surface area (Å²) in [7, 11) is 0. The molecule has 72 valence electrons. The van der Waals surface area contributed by atoms with Gasteiger partial charge in [0.25, 0.3) is 0 Å². The van der Waals surface area contributed by atoms with Gasteiger partial charge in [0.1, 0.15) is 0 Å². The molecule has 0 radical (unpaired) electrons. The lowest BCUT2D eigenvalue weighted by molar-refractivity contribution is 0.292. The van der Waals surface area contributed by atoms with E-state index in [1.54, 1.807) is 12.1 Å². The van der Waals surface area contributed by atoms with E-state index in [9.17, 15) is 5.11 Å². The van der Waals surface area contributed by atoms with E-state index in [0.29, 0.717) is 12.4 Å². The molecule has 0 amide bonds. The van der Waals surface area contributed by atoms with Crippen molar-refractivity contribution in [1.29, 1.82) is 0 Å². The Morgan fingerprint density at radius 1 is 1.46 bits per heavy atom. The fraction of sp³-hybridized carbons (Fsp3) is 0.400. The lowest BCUT2D eigenvalue weighted by Gasteiger charge is -2.06. The van der Waals surface area contributed by atoms with Crippen LogP contribution in [0.15, 0.2) is 22.7 Å². The van der Waals surface area contributed by atoms with Gasteiger partial charge < -0.3 is 9.84 Å². The van der Waals surface area contributed by atoms with Crippen molar-refractivity contribution in [1.82, 2.24) is 0 Å². The number of phenolic OH excluding ortho intramolecular Hbond substituents is 1. The Morgan fingerprint density at radius 3 is 2.85 bits per heavy atom. The Morgan fingerprint density at radius 2 is 2.23 bits per heavy atom. The van der Waals surface area contributed by atoms with Crippen LogP contribution in [0.1, 0.15) is 19.8 Å². The average Bonchev–Trinajstić information content (AvgIpc) is 2.09. The molecular formula is C10H13BrO2. The predicted octanol–water partition coefficient (Wildman–Crippen LogP) is 3.33. The van der Waals surface area contributed by atoms with Crippen LogP contribution in [0.2, 0.25) is 0 Å². The Kier molecular flexibility index (Phi) is 4.09. The maximum Gasteiger partial charge on any atom is 0.160 e. The second-order valence-corrected chi connectivity index (χ2v) is 3.73. The zero-order valence-electron chi connectivity index (χ0n) is 7.59. The van der Waals surface area contributed by atoms with Gasteiger partial charge in [-0.05, 0) is 24.6 Å². The first-order chi connectivity index (χ1) is 6.24. The summed E-state index contributed by atoms with van der Waals surface area (Å²) in [5.74, 6) is 0.738. The highest BCUT2D eigenvalue weighted by atomic mass is 79.9. The van der Waals surface area contributed by atoms with E-state index in [0.717, 1.165) is 17.3 Å². The van der Waals surface area contributed by atoms with Crippen molar-refractivity contribution in [3.63, 3.8) is 0 Å². The SMILES string of the molecule is CCCCOc1ccc(Br)cc1O. The lowest BCUT2D eigenvalue weighted by Crippen LogP contribution is -1.96. The third-order valence-corrected chi connectivity index (χ3v) is 2.17. The fourth-order valence-electron chi connectivity index (χ4n) is 0.939. The second-order valence-electron chi connectivity index (χ2n) is 2.81. The van der Waals surface area contributed by atoms with E-state index < -0.39 is 0 Å². The molecule has 1 aromatic rings. The molecule has 1 rings (SSSR count). The highest BCUT2D eigenvalue weighted by molar-refractivity contribution is 9.10. The van der Waals surface area contributed by atoms with Gasteiger partial charge in [0.05, 0.1) is 6.61 Å². The predicted molar refractivity (Wildman–Crippen MR) is 56.2 cm³/mol. The molecule has 0 aliphatic rings. The number of halogens is 1. The normalized spacial score (nSPS) is 10.0. The van der Waals surface area contributed by atoms with Crippen molar-refractivity contribution < 1.29 is 9.84 Å². The molecule has 0 aromatic heterocycles. The minimum absolute atomic E-state index is 0.186. The second kappa shape index (κ2) is 5.12. The molecule has 1 aromatic carbocycles. The molecule has 0 bridgehead atoms. The van der Waals surface area contributed by atoms with E-state index in [1.807, 2.05) is 6.07 Å². The molecule has 0 unspecified atom stereocenters. The molecule has 0 fully saturated rings. The van der Waals surface area contributed by atoms with Crippen molar-refractivity contribution in [2.75, 3.05) is 6.61 Å². The first-order valence-corrected chi connectivity index (χ1v) is 5.14. The van der Waals surface area contributed by atoms with Gasteiger partial charge in [0.15, 0.2) is 11.5 Å². The Balaban J connectivity index is 2.56. The number of phenols is 1. The number of aromatic hydroxyl groups is 1. The first-order valence-electron chi connectivity index (χ1n) is 4.35. The van der Waals surface area contributed by atoms with Gasteiger partial charge in [-0.1, -0.05) is 29.3 Å². The summed E-state index contributed by atoms with van der Waals surface area (Å²) in [6.07, 6.45) is 2.10. The van der Waals surface area contributed by atoms with Crippen LogP contribution in [-0.4, -0.2) is 11.7 Å². The van der Waals surface area contributed by atoms with Gasteiger partial charge in [-0.25, -0.2) is 0 Å². The van der Waals surface area contributed by atoms with Crippen LogP contribution in [0.3, 0.4) is 0 Å². The Labute approximate surface area is 86.7 Å². The molecule has 0 saturated heterocycles. The number of hydrogen-bond donors (Lipinski definition) is 1. The Hall–Kier alpha value is -0.700. The van der Waals surface area contributed by atoms with Crippen molar-refractivity contribution in [2.45, 2.75) is 19.8 Å². The summed E-state index contributed by atoms with van der Waals surface area (Å²) in [5.41, 5.74) is 0. The van der Waals surface area contributed by atoms with E-state index in [1.165, 1.54) is 0 Å². The van der Waals surface area contributed by atoms with Gasteiger partial charge in [0, 0.05) is 4.47 Å². The standard InChI is InChI=1S/C10H13BrO2/c1-2-3-6-13-10-5-4-8(11)7-9(10)12/h4-5,7,12H,2-3,6H2,1H3. The summed E-state index contributed by atoms with van der Waals surface area (Å²) < 4.78 is 6.22. The molecule has 0 atom stereocenters. The zero-order chi connectivity index (χ0) is 9.68. The quantitative estimate of drug-likeness (QED) is 0.824. The molecule has 13 heavy (non-hydrogen) atoms. The summed E-state index contributed by atoms with van der Waals surface area (Å²) in [4.78, 5) is 0. The van der Waals surface area contributed by atoms with Crippen LogP contribution < -0.4 is 4.74 Å². The van der Waals surface area contributed by atoms with E-state index >= 15 is 0 Å². The molecule has 2 nitrogen and oxygen atoms in total. The Bertz CT molecular complexity index is 274. The lowest BCUT2D eigenvalue weighted by atomic mass is 10.3. The van der Waals surface area contributed by atoms with Crippen LogP contribution in [0, 0.1) is 0 Å². The first kappa shape index (κ1) is 10.4. The third-order valence-electron chi connectivity index (χ3n) is 1.68. The van der Waals surface area contributed by atoms with Crippen LogP contribution in [0.4, 0.5) is 0 Å². The number of hydrogen-bond acceptors (Lipinski definition) is 2. The molecule has 0 saturated carbocycles. The molecule has 1 N–H and O–H groups in total. The molecule has 0 aliphatic carbocycles. The van der Waals surface area contributed by atoms with Gasteiger partial charge in [-0.2, -0.15) is 0 Å². The average molecular weight is 245 g/mol. The van der Waals surface area contributed by atoms with Crippen LogP contribution in [-0.2, 0) is 0 Å². The third kappa shape index (κ3) is 3.27. The van der Waals surface area contributed by atoms with Crippen molar-refractivity contribution in [3.8, 4) is 11.5 Å². The fourth-order valence-corrected chi connectivity index (χ4v) is 1.29. The van der Waals surface area contributed by atoms with Gasteiger partial charge in [-0.3, -0.25) is 0 Å². The minimum Gasteiger partial charge on any atom is -0.504 e. The minimum atomic E-state index is 0.186. The maximum absolute atomic E-state index is 9.44. The largest absolute Gasteiger partial charge is 0.504 e. The molecule has 0 aliphatic heterocycles.